The molecule has 1 amide bonds. The summed E-state index contributed by atoms with van der Waals surface area (Å²) in [4.78, 5) is 24.7. The lowest BCUT2D eigenvalue weighted by Gasteiger charge is -2.27. The summed E-state index contributed by atoms with van der Waals surface area (Å²) in [5.41, 5.74) is 4.60. The Balaban J connectivity index is 1.63. The highest BCUT2D eigenvalue weighted by atomic mass is 35.5. The quantitative estimate of drug-likeness (QED) is 0.350. The van der Waals surface area contributed by atoms with E-state index in [1.807, 2.05) is 43.3 Å². The Bertz CT molecular complexity index is 1460. The standard InChI is InChI=1S/C27H24Cl2N4O3/c1-33(2)26-19(27(34)32-20-8-9-36-21-7-5-4-6-18(20)21)13-30-24-23(22(35-3)14-31-25(24)26)15-10-16(28)12-17(29)11-15/h4-7,10-14,20H,8-9H2,1-3H3,(H,32,34)/t20-/m0/s1. The molecule has 1 aliphatic heterocycles. The average molecular weight is 523 g/mol. The summed E-state index contributed by atoms with van der Waals surface area (Å²) < 4.78 is 11.3. The van der Waals surface area contributed by atoms with Crippen molar-refractivity contribution in [3.63, 3.8) is 0 Å². The van der Waals surface area contributed by atoms with E-state index in [0.717, 1.165) is 16.9 Å². The van der Waals surface area contributed by atoms with Crippen LogP contribution in [0.4, 0.5) is 5.69 Å². The molecule has 3 heterocycles. The second kappa shape index (κ2) is 9.84. The maximum absolute atomic E-state index is 13.6. The van der Waals surface area contributed by atoms with Gasteiger partial charge in [-0.2, -0.15) is 0 Å². The van der Waals surface area contributed by atoms with Crippen molar-refractivity contribution >= 4 is 45.8 Å². The summed E-state index contributed by atoms with van der Waals surface area (Å²) in [5, 5.41) is 4.14. The Morgan fingerprint density at radius 2 is 1.81 bits per heavy atom. The largest absolute Gasteiger partial charge is 0.494 e. The Hall–Kier alpha value is -3.55. The molecule has 0 spiro atoms. The lowest BCUT2D eigenvalue weighted by atomic mass is 9.99. The molecule has 0 aliphatic carbocycles. The number of benzene rings is 2. The van der Waals surface area contributed by atoms with Gasteiger partial charge in [0, 0.05) is 42.3 Å². The fourth-order valence-corrected chi connectivity index (χ4v) is 5.11. The third-order valence-electron chi connectivity index (χ3n) is 6.15. The lowest BCUT2D eigenvalue weighted by molar-refractivity contribution is 0.0925. The summed E-state index contributed by atoms with van der Waals surface area (Å²) in [5.74, 6) is 1.07. The average Bonchev–Trinajstić information content (AvgIpc) is 2.86. The molecule has 0 saturated carbocycles. The molecule has 7 nitrogen and oxygen atoms in total. The number of hydrogen-bond donors (Lipinski definition) is 1. The number of rotatable bonds is 5. The maximum atomic E-state index is 13.6. The number of pyridine rings is 2. The van der Waals surface area contributed by atoms with Gasteiger partial charge in [-0.05, 0) is 29.8 Å². The van der Waals surface area contributed by atoms with Crippen LogP contribution >= 0.6 is 23.2 Å². The van der Waals surface area contributed by atoms with Crippen LogP contribution in [-0.4, -0.2) is 43.7 Å². The summed E-state index contributed by atoms with van der Waals surface area (Å²) in [6, 6.07) is 12.8. The third kappa shape index (κ3) is 4.40. The second-order valence-corrected chi connectivity index (χ2v) is 9.55. The van der Waals surface area contributed by atoms with Crippen LogP contribution in [0.2, 0.25) is 10.0 Å². The number of anilines is 1. The van der Waals surface area contributed by atoms with Crippen molar-refractivity contribution in [3.8, 4) is 22.6 Å². The number of aromatic nitrogens is 2. The monoisotopic (exact) mass is 522 g/mol. The summed E-state index contributed by atoms with van der Waals surface area (Å²) in [7, 11) is 5.31. The highest BCUT2D eigenvalue weighted by molar-refractivity contribution is 6.35. The molecule has 2 aromatic carbocycles. The number of amides is 1. The first-order valence-corrected chi connectivity index (χ1v) is 12.1. The Labute approximate surface area is 219 Å². The zero-order valence-corrected chi connectivity index (χ0v) is 21.5. The normalized spacial score (nSPS) is 14.6. The molecule has 1 atom stereocenters. The van der Waals surface area contributed by atoms with Crippen LogP contribution < -0.4 is 19.7 Å². The zero-order valence-electron chi connectivity index (χ0n) is 20.0. The van der Waals surface area contributed by atoms with Gasteiger partial charge in [-0.15, -0.1) is 0 Å². The highest BCUT2D eigenvalue weighted by Crippen LogP contribution is 2.40. The number of fused-ring (bicyclic) bond motifs is 2. The molecule has 0 saturated heterocycles. The van der Waals surface area contributed by atoms with Gasteiger partial charge >= 0.3 is 0 Å². The van der Waals surface area contributed by atoms with Crippen LogP contribution in [0.5, 0.6) is 11.5 Å². The fraction of sp³-hybridized carbons (Fsp3) is 0.222. The molecule has 2 aromatic heterocycles. The molecule has 0 unspecified atom stereocenters. The second-order valence-electron chi connectivity index (χ2n) is 8.67. The van der Waals surface area contributed by atoms with Gasteiger partial charge in [-0.3, -0.25) is 9.78 Å². The van der Waals surface area contributed by atoms with Gasteiger partial charge in [0.15, 0.2) is 0 Å². The van der Waals surface area contributed by atoms with Crippen molar-refractivity contribution in [3.05, 3.63) is 76.0 Å². The molecule has 4 aromatic rings. The van der Waals surface area contributed by atoms with Gasteiger partial charge in [0.05, 0.1) is 42.8 Å². The van der Waals surface area contributed by atoms with Crippen LogP contribution in [0.25, 0.3) is 22.2 Å². The number of nitrogens with one attached hydrogen (secondary N) is 1. The first-order valence-electron chi connectivity index (χ1n) is 11.4. The topological polar surface area (TPSA) is 76.6 Å². The van der Waals surface area contributed by atoms with Crippen molar-refractivity contribution in [1.29, 1.82) is 0 Å². The molecule has 1 N–H and O–H groups in total. The van der Waals surface area contributed by atoms with Gasteiger partial charge < -0.3 is 19.7 Å². The summed E-state index contributed by atoms with van der Waals surface area (Å²) >= 11 is 12.6. The smallest absolute Gasteiger partial charge is 0.255 e. The summed E-state index contributed by atoms with van der Waals surface area (Å²) in [6.07, 6.45) is 3.88. The molecule has 9 heteroatoms. The van der Waals surface area contributed by atoms with E-state index in [0.29, 0.717) is 56.7 Å². The fourth-order valence-electron chi connectivity index (χ4n) is 4.58. The van der Waals surface area contributed by atoms with E-state index in [9.17, 15) is 4.79 Å². The molecule has 36 heavy (non-hydrogen) atoms. The van der Waals surface area contributed by atoms with Gasteiger partial charge in [-0.1, -0.05) is 41.4 Å². The van der Waals surface area contributed by atoms with Gasteiger partial charge in [0.1, 0.15) is 22.5 Å². The van der Waals surface area contributed by atoms with Gasteiger partial charge in [-0.25, -0.2) is 4.98 Å². The summed E-state index contributed by atoms with van der Waals surface area (Å²) in [6.45, 7) is 0.533. The van der Waals surface area contributed by atoms with Crippen LogP contribution in [0.1, 0.15) is 28.4 Å². The number of carbonyl (C=O) groups is 1. The number of halogens is 2. The van der Waals surface area contributed by atoms with E-state index in [-0.39, 0.29) is 11.9 Å². The molecule has 0 fully saturated rings. The first-order chi connectivity index (χ1) is 17.4. The SMILES string of the molecule is COc1cnc2c(N(C)C)c(C(=O)N[C@H]3CCOc4ccccc43)cnc2c1-c1cc(Cl)cc(Cl)c1. The molecule has 184 valence electrons. The third-order valence-corrected chi connectivity index (χ3v) is 6.58. The minimum Gasteiger partial charge on any atom is -0.494 e. The lowest BCUT2D eigenvalue weighted by Crippen LogP contribution is -2.33. The van der Waals surface area contributed by atoms with Crippen molar-refractivity contribution < 1.29 is 14.3 Å². The number of nitrogens with zero attached hydrogens (tertiary/aromatic N) is 3. The van der Waals surface area contributed by atoms with E-state index >= 15 is 0 Å². The van der Waals surface area contributed by atoms with Crippen LogP contribution in [0.15, 0.2) is 54.9 Å². The van der Waals surface area contributed by atoms with Crippen molar-refractivity contribution in [1.82, 2.24) is 15.3 Å². The number of methoxy groups -OCH3 is 1. The number of ether oxygens (including phenoxy) is 2. The molecule has 5 rings (SSSR count). The van der Waals surface area contributed by atoms with Crippen LogP contribution in [0.3, 0.4) is 0 Å². The predicted molar refractivity (Wildman–Crippen MR) is 143 cm³/mol. The van der Waals surface area contributed by atoms with Crippen molar-refractivity contribution in [2.75, 3.05) is 32.7 Å². The number of hydrogen-bond acceptors (Lipinski definition) is 6. The Kier molecular flexibility index (Phi) is 6.60. The van der Waals surface area contributed by atoms with Gasteiger partial charge in [0.2, 0.25) is 0 Å². The first kappa shape index (κ1) is 24.2. The molecule has 1 aliphatic rings. The molecule has 0 radical (unpaired) electrons. The Morgan fingerprint density at radius 1 is 1.08 bits per heavy atom. The maximum Gasteiger partial charge on any atom is 0.255 e. The van der Waals surface area contributed by atoms with Gasteiger partial charge in [0.25, 0.3) is 5.91 Å². The van der Waals surface area contributed by atoms with E-state index in [1.165, 1.54) is 0 Å². The minimum absolute atomic E-state index is 0.166. The van der Waals surface area contributed by atoms with E-state index in [4.69, 9.17) is 32.7 Å². The molecular formula is C27H24Cl2N4O3. The van der Waals surface area contributed by atoms with E-state index in [2.05, 4.69) is 15.3 Å². The van der Waals surface area contributed by atoms with Crippen LogP contribution in [-0.2, 0) is 0 Å². The zero-order chi connectivity index (χ0) is 25.4. The van der Waals surface area contributed by atoms with Crippen molar-refractivity contribution in [2.24, 2.45) is 0 Å². The van der Waals surface area contributed by atoms with Crippen LogP contribution in [0, 0.1) is 0 Å². The number of carbonyl (C=O) groups excluding carboxylic acids is 1. The predicted octanol–water partition coefficient (Wildman–Crippen LogP) is 5.93. The Morgan fingerprint density at radius 3 is 2.53 bits per heavy atom. The number of para-hydroxylation sites is 1. The minimum atomic E-state index is -0.236. The molecular weight excluding hydrogens is 499 g/mol. The van der Waals surface area contributed by atoms with E-state index in [1.54, 1.807) is 37.7 Å². The molecule has 0 bridgehead atoms. The van der Waals surface area contributed by atoms with E-state index < -0.39 is 0 Å². The highest BCUT2D eigenvalue weighted by Gasteiger charge is 2.27. The van der Waals surface area contributed by atoms with Crippen molar-refractivity contribution in [2.45, 2.75) is 12.5 Å².